The quantitative estimate of drug-likeness (QED) is 0.747. The minimum absolute atomic E-state index is 0.0542. The molecular weight excluding hydrogens is 290 g/mol. The van der Waals surface area contributed by atoms with Gasteiger partial charge in [-0.25, -0.2) is 14.5 Å². The van der Waals surface area contributed by atoms with Gasteiger partial charge in [-0.15, -0.1) is 0 Å². The van der Waals surface area contributed by atoms with Crippen molar-refractivity contribution in [2.24, 2.45) is 0 Å². The number of rotatable bonds is 4. The zero-order chi connectivity index (χ0) is 15.5. The van der Waals surface area contributed by atoms with Gasteiger partial charge in [-0.05, 0) is 12.1 Å². The summed E-state index contributed by atoms with van der Waals surface area (Å²) in [7, 11) is 0. The molecule has 0 saturated carbocycles. The highest BCUT2D eigenvalue weighted by molar-refractivity contribution is 5.76. The third-order valence-corrected chi connectivity index (χ3v) is 3.69. The molecule has 2 N–H and O–H groups in total. The summed E-state index contributed by atoms with van der Waals surface area (Å²) in [4.78, 5) is 29.5. The molecule has 0 aromatic carbocycles. The lowest BCUT2D eigenvalue weighted by atomic mass is 10.2. The van der Waals surface area contributed by atoms with Crippen LogP contribution in [-0.2, 0) is 11.2 Å². The Kier molecular flexibility index (Phi) is 3.90. The predicted octanol–water partition coefficient (Wildman–Crippen LogP) is -0.929. The summed E-state index contributed by atoms with van der Waals surface area (Å²) in [6.07, 6.45) is 0.745. The van der Waals surface area contributed by atoms with E-state index in [2.05, 4.69) is 30.4 Å². The summed E-state index contributed by atoms with van der Waals surface area (Å²) in [5.41, 5.74) is 0.398. The number of amides is 1. The first kappa shape index (κ1) is 14.3. The van der Waals surface area contributed by atoms with Gasteiger partial charge in [0.1, 0.15) is 11.5 Å². The molecule has 1 saturated heterocycles. The Morgan fingerprint density at radius 2 is 2.05 bits per heavy atom. The number of carbonyl (C=O) groups excluding carboxylic acids is 1. The highest BCUT2D eigenvalue weighted by Crippen LogP contribution is 2.17. The van der Waals surface area contributed by atoms with Crippen LogP contribution in [0.4, 0.5) is 5.82 Å². The molecule has 2 aromatic rings. The molecule has 1 aliphatic rings. The van der Waals surface area contributed by atoms with Crippen LogP contribution >= 0.6 is 0 Å². The molecule has 3 rings (SSSR count). The van der Waals surface area contributed by atoms with Gasteiger partial charge in [0, 0.05) is 39.0 Å². The summed E-state index contributed by atoms with van der Waals surface area (Å²) < 4.78 is 4.70. The van der Waals surface area contributed by atoms with Crippen molar-refractivity contribution < 1.29 is 9.42 Å². The SMILES string of the molecule is Cc1nonc1N1CCN(C(=O)CCc2n[nH]c(=O)[nH]2)CC1. The third kappa shape index (κ3) is 3.00. The van der Waals surface area contributed by atoms with E-state index in [4.69, 9.17) is 4.63 Å². The fourth-order valence-corrected chi connectivity index (χ4v) is 2.49. The van der Waals surface area contributed by atoms with E-state index in [-0.39, 0.29) is 11.6 Å². The summed E-state index contributed by atoms with van der Waals surface area (Å²) >= 11 is 0. The molecule has 22 heavy (non-hydrogen) atoms. The fraction of sp³-hybridized carbons (Fsp3) is 0.583. The van der Waals surface area contributed by atoms with Crippen LogP contribution in [0.2, 0.25) is 0 Å². The van der Waals surface area contributed by atoms with Crippen molar-refractivity contribution in [3.63, 3.8) is 0 Å². The number of carbonyl (C=O) groups is 1. The predicted molar refractivity (Wildman–Crippen MR) is 75.4 cm³/mol. The van der Waals surface area contributed by atoms with Crippen LogP contribution in [0.1, 0.15) is 17.9 Å². The molecule has 0 bridgehead atoms. The molecule has 0 unspecified atom stereocenters. The second kappa shape index (κ2) is 6.00. The molecule has 1 fully saturated rings. The summed E-state index contributed by atoms with van der Waals surface area (Å²) in [5.74, 6) is 1.29. The number of aryl methyl sites for hydroxylation is 2. The minimum Gasteiger partial charge on any atom is -0.349 e. The van der Waals surface area contributed by atoms with E-state index in [0.29, 0.717) is 44.8 Å². The molecule has 10 heteroatoms. The van der Waals surface area contributed by atoms with Crippen molar-refractivity contribution >= 4 is 11.7 Å². The molecule has 0 spiro atoms. The number of H-pyrrole nitrogens is 2. The van der Waals surface area contributed by atoms with Crippen molar-refractivity contribution in [2.75, 3.05) is 31.1 Å². The maximum Gasteiger partial charge on any atom is 0.340 e. The van der Waals surface area contributed by atoms with E-state index in [1.54, 1.807) is 0 Å². The molecule has 0 atom stereocenters. The largest absolute Gasteiger partial charge is 0.349 e. The highest BCUT2D eigenvalue weighted by Gasteiger charge is 2.24. The Hall–Kier alpha value is -2.65. The standard InChI is InChI=1S/C12H17N7O3/c1-8-11(17-22-16-8)19-6-4-18(5-7-19)10(20)3-2-9-13-12(21)15-14-9/h2-7H2,1H3,(H2,13,14,15,21). The maximum absolute atomic E-state index is 12.2. The summed E-state index contributed by atoms with van der Waals surface area (Å²) in [5, 5.41) is 13.7. The Balaban J connectivity index is 1.49. The molecule has 1 amide bonds. The van der Waals surface area contributed by atoms with E-state index < -0.39 is 0 Å². The van der Waals surface area contributed by atoms with Gasteiger partial charge >= 0.3 is 5.69 Å². The van der Waals surface area contributed by atoms with Crippen LogP contribution in [0, 0.1) is 6.92 Å². The van der Waals surface area contributed by atoms with E-state index in [1.807, 2.05) is 11.8 Å². The zero-order valence-corrected chi connectivity index (χ0v) is 12.2. The van der Waals surface area contributed by atoms with E-state index in [0.717, 1.165) is 11.5 Å². The van der Waals surface area contributed by atoms with Gasteiger partial charge in [0.15, 0.2) is 5.82 Å². The molecule has 118 valence electrons. The Morgan fingerprint density at radius 1 is 1.27 bits per heavy atom. The van der Waals surface area contributed by atoms with Crippen LogP contribution in [-0.4, -0.2) is 62.5 Å². The Bertz CT molecular complexity index is 695. The monoisotopic (exact) mass is 307 g/mol. The molecule has 2 aromatic heterocycles. The van der Waals surface area contributed by atoms with Gasteiger partial charge in [-0.3, -0.25) is 9.78 Å². The zero-order valence-electron chi connectivity index (χ0n) is 12.2. The summed E-state index contributed by atoms with van der Waals surface area (Å²) in [6, 6.07) is 0. The normalized spacial score (nSPS) is 15.3. The van der Waals surface area contributed by atoms with Gasteiger partial charge in [-0.2, -0.15) is 5.10 Å². The number of piperazine rings is 1. The second-order valence-corrected chi connectivity index (χ2v) is 5.17. The van der Waals surface area contributed by atoms with Crippen LogP contribution < -0.4 is 10.6 Å². The molecule has 0 radical (unpaired) electrons. The van der Waals surface area contributed by atoms with E-state index >= 15 is 0 Å². The lowest BCUT2D eigenvalue weighted by Gasteiger charge is -2.34. The van der Waals surface area contributed by atoms with Crippen molar-refractivity contribution in [1.82, 2.24) is 30.4 Å². The number of nitrogens with one attached hydrogen (secondary N) is 2. The molecular formula is C12H17N7O3. The topological polar surface area (TPSA) is 124 Å². The van der Waals surface area contributed by atoms with Crippen LogP contribution in [0.15, 0.2) is 9.42 Å². The van der Waals surface area contributed by atoms with Crippen LogP contribution in [0.3, 0.4) is 0 Å². The highest BCUT2D eigenvalue weighted by atomic mass is 16.6. The van der Waals surface area contributed by atoms with Gasteiger partial charge in [0.05, 0.1) is 0 Å². The molecule has 1 aliphatic heterocycles. The lowest BCUT2D eigenvalue weighted by Crippen LogP contribution is -2.49. The first-order valence-corrected chi connectivity index (χ1v) is 7.09. The number of hydrogen-bond acceptors (Lipinski definition) is 7. The Morgan fingerprint density at radius 3 is 2.64 bits per heavy atom. The van der Waals surface area contributed by atoms with Crippen molar-refractivity contribution in [2.45, 2.75) is 19.8 Å². The molecule has 0 aliphatic carbocycles. The fourth-order valence-electron chi connectivity index (χ4n) is 2.49. The molecule has 10 nitrogen and oxygen atoms in total. The molecule has 3 heterocycles. The first-order valence-electron chi connectivity index (χ1n) is 7.09. The van der Waals surface area contributed by atoms with Crippen molar-refractivity contribution in [3.05, 3.63) is 22.0 Å². The van der Waals surface area contributed by atoms with Gasteiger partial charge in [0.25, 0.3) is 0 Å². The minimum atomic E-state index is -0.354. The third-order valence-electron chi connectivity index (χ3n) is 3.69. The maximum atomic E-state index is 12.2. The van der Waals surface area contributed by atoms with E-state index in [9.17, 15) is 9.59 Å². The number of anilines is 1. The van der Waals surface area contributed by atoms with Crippen LogP contribution in [0.5, 0.6) is 0 Å². The van der Waals surface area contributed by atoms with Crippen molar-refractivity contribution in [1.29, 1.82) is 0 Å². The van der Waals surface area contributed by atoms with Gasteiger partial charge in [0.2, 0.25) is 5.91 Å². The number of nitrogens with zero attached hydrogens (tertiary/aromatic N) is 5. The van der Waals surface area contributed by atoms with Crippen LogP contribution in [0.25, 0.3) is 0 Å². The lowest BCUT2D eigenvalue weighted by molar-refractivity contribution is -0.131. The number of aromatic nitrogens is 5. The number of hydrogen-bond donors (Lipinski definition) is 2. The average molecular weight is 307 g/mol. The smallest absolute Gasteiger partial charge is 0.340 e. The first-order chi connectivity index (χ1) is 10.6. The number of aromatic amines is 2. The van der Waals surface area contributed by atoms with Gasteiger partial charge in [-0.1, -0.05) is 5.16 Å². The summed E-state index contributed by atoms with van der Waals surface area (Å²) in [6.45, 7) is 4.48. The van der Waals surface area contributed by atoms with Crippen molar-refractivity contribution in [3.8, 4) is 0 Å². The Labute approximate surface area is 125 Å². The van der Waals surface area contributed by atoms with Gasteiger partial charge < -0.3 is 9.80 Å². The van der Waals surface area contributed by atoms with E-state index in [1.165, 1.54) is 0 Å². The average Bonchev–Trinajstić information content (AvgIpc) is 3.13. The second-order valence-electron chi connectivity index (χ2n) is 5.17.